The van der Waals surface area contributed by atoms with Gasteiger partial charge in [0.05, 0.1) is 0 Å². The molecule has 1 atom stereocenters. The summed E-state index contributed by atoms with van der Waals surface area (Å²) in [6.45, 7) is 5.32. The lowest BCUT2D eigenvalue weighted by Crippen LogP contribution is -2.42. The van der Waals surface area contributed by atoms with Gasteiger partial charge in [-0.1, -0.05) is 38.3 Å². The van der Waals surface area contributed by atoms with Crippen LogP contribution in [0.15, 0.2) is 29.3 Å². The van der Waals surface area contributed by atoms with Crippen LogP contribution in [0, 0.1) is 0 Å². The minimum atomic E-state index is -0.0430. The van der Waals surface area contributed by atoms with Gasteiger partial charge in [0, 0.05) is 25.7 Å². The summed E-state index contributed by atoms with van der Waals surface area (Å²) in [4.78, 5) is 16.0. The van der Waals surface area contributed by atoms with Gasteiger partial charge in [-0.05, 0) is 50.3 Å². The van der Waals surface area contributed by atoms with E-state index in [4.69, 9.17) is 4.74 Å². The van der Waals surface area contributed by atoms with Crippen LogP contribution >= 0.6 is 24.0 Å². The highest BCUT2D eigenvalue weighted by atomic mass is 127. The predicted molar refractivity (Wildman–Crippen MR) is 130 cm³/mol. The lowest BCUT2D eigenvalue weighted by Gasteiger charge is -2.18. The van der Waals surface area contributed by atoms with E-state index in [9.17, 15) is 4.79 Å². The van der Waals surface area contributed by atoms with Gasteiger partial charge in [-0.25, -0.2) is 0 Å². The van der Waals surface area contributed by atoms with Gasteiger partial charge >= 0.3 is 0 Å². The number of aliphatic imine (C=N–C) groups is 1. The molecule has 0 saturated heterocycles. The van der Waals surface area contributed by atoms with Gasteiger partial charge in [0.2, 0.25) is 0 Å². The van der Waals surface area contributed by atoms with Crippen molar-refractivity contribution in [1.82, 2.24) is 16.0 Å². The molecule has 0 aliphatic heterocycles. The van der Waals surface area contributed by atoms with Crippen LogP contribution in [-0.2, 0) is 11.2 Å². The molecular weight excluding hydrogens is 479 g/mol. The highest BCUT2D eigenvalue weighted by Gasteiger charge is 2.23. The molecule has 1 aromatic rings. The van der Waals surface area contributed by atoms with Gasteiger partial charge in [0.1, 0.15) is 5.75 Å². The molecule has 3 N–H and O–H groups in total. The molecule has 0 spiro atoms. The van der Waals surface area contributed by atoms with Crippen LogP contribution in [0.25, 0.3) is 0 Å². The average molecular weight is 516 g/mol. The van der Waals surface area contributed by atoms with Crippen LogP contribution in [0.1, 0.15) is 57.9 Å². The molecule has 164 valence electrons. The van der Waals surface area contributed by atoms with E-state index in [0.717, 1.165) is 43.9 Å². The van der Waals surface area contributed by atoms with Crippen molar-refractivity contribution in [3.8, 4) is 5.75 Å². The average Bonchev–Trinajstić information content (AvgIpc) is 3.50. The second-order valence-electron chi connectivity index (χ2n) is 7.56. The van der Waals surface area contributed by atoms with E-state index in [1.54, 1.807) is 7.05 Å². The maximum atomic E-state index is 11.7. The van der Waals surface area contributed by atoms with Crippen molar-refractivity contribution in [3.05, 3.63) is 29.8 Å². The fraction of sp³-hybridized carbons (Fsp3) is 0.636. The second-order valence-corrected chi connectivity index (χ2v) is 7.56. The van der Waals surface area contributed by atoms with E-state index in [1.165, 1.54) is 24.8 Å². The normalized spacial score (nSPS) is 14.5. The van der Waals surface area contributed by atoms with Crippen LogP contribution in [0.2, 0.25) is 0 Å². The first-order valence-corrected chi connectivity index (χ1v) is 10.6. The van der Waals surface area contributed by atoms with Gasteiger partial charge in [0.25, 0.3) is 5.91 Å². The highest BCUT2D eigenvalue weighted by Crippen LogP contribution is 2.18. The van der Waals surface area contributed by atoms with Gasteiger partial charge in [-0.15, -0.1) is 24.0 Å². The van der Waals surface area contributed by atoms with Gasteiger partial charge in [-0.3, -0.25) is 9.79 Å². The lowest BCUT2D eigenvalue weighted by molar-refractivity contribution is -0.123. The van der Waals surface area contributed by atoms with Crippen molar-refractivity contribution in [2.45, 2.75) is 70.9 Å². The number of amides is 1. The molecule has 1 fully saturated rings. The maximum absolute atomic E-state index is 11.7. The molecule has 0 aromatic heterocycles. The molecule has 6 nitrogen and oxygen atoms in total. The third-order valence-electron chi connectivity index (χ3n) is 4.79. The summed E-state index contributed by atoms with van der Waals surface area (Å²) in [5.74, 6) is 1.53. The zero-order chi connectivity index (χ0) is 20.2. The number of benzene rings is 1. The summed E-state index contributed by atoms with van der Waals surface area (Å²) in [5, 5.41) is 9.74. The number of carbonyl (C=O) groups excluding carboxylic acids is 1. The number of unbranched alkanes of at least 4 members (excludes halogenated alkanes) is 2. The summed E-state index contributed by atoms with van der Waals surface area (Å²) >= 11 is 0. The molecule has 1 unspecified atom stereocenters. The zero-order valence-corrected chi connectivity index (χ0v) is 20.3. The molecule has 7 heteroatoms. The monoisotopic (exact) mass is 516 g/mol. The number of nitrogens with zero attached hydrogens (tertiary/aromatic N) is 1. The Hall–Kier alpha value is -1.51. The van der Waals surface area contributed by atoms with Crippen molar-refractivity contribution < 1.29 is 9.53 Å². The molecule has 1 aromatic carbocycles. The first kappa shape index (κ1) is 25.5. The van der Waals surface area contributed by atoms with Crippen molar-refractivity contribution >= 4 is 35.8 Å². The van der Waals surface area contributed by atoms with Gasteiger partial charge < -0.3 is 20.7 Å². The van der Waals surface area contributed by atoms with E-state index < -0.39 is 0 Å². The number of hydrogen-bond donors (Lipinski definition) is 3. The standard InChI is InChI=1S/C22H36N4O2.HI/c1-4-5-6-7-17(2)25-22(23-3)24-15-14-18-8-12-20(13-9-18)28-16-21(27)26-19-10-11-19;/h8-9,12-13,17,19H,4-7,10-11,14-16H2,1-3H3,(H,26,27)(H2,23,24,25);1H. The molecule has 0 bridgehead atoms. The van der Waals surface area contributed by atoms with Crippen molar-refractivity contribution in [3.63, 3.8) is 0 Å². The number of carbonyl (C=O) groups is 1. The Labute approximate surface area is 192 Å². The number of rotatable bonds is 12. The predicted octanol–water partition coefficient (Wildman–Crippen LogP) is 3.64. The number of nitrogens with one attached hydrogen (secondary N) is 3. The van der Waals surface area contributed by atoms with E-state index in [0.29, 0.717) is 12.1 Å². The molecule has 29 heavy (non-hydrogen) atoms. The molecule has 1 aliphatic carbocycles. The largest absolute Gasteiger partial charge is 0.484 e. The second kappa shape index (κ2) is 14.5. The number of guanidine groups is 1. The quantitative estimate of drug-likeness (QED) is 0.172. The number of hydrogen-bond acceptors (Lipinski definition) is 3. The Balaban J connectivity index is 0.00000420. The lowest BCUT2D eigenvalue weighted by atomic mass is 10.1. The molecule has 1 saturated carbocycles. The summed E-state index contributed by atoms with van der Waals surface area (Å²) < 4.78 is 5.54. The Kier molecular flexibility index (Phi) is 12.7. The molecule has 0 radical (unpaired) electrons. The summed E-state index contributed by atoms with van der Waals surface area (Å²) in [6, 6.07) is 8.71. The molecular formula is C22H37IN4O2. The van der Waals surface area contributed by atoms with E-state index in [2.05, 4.69) is 34.8 Å². The fourth-order valence-corrected chi connectivity index (χ4v) is 2.92. The van der Waals surface area contributed by atoms with Crippen LogP contribution in [0.4, 0.5) is 0 Å². The third-order valence-corrected chi connectivity index (χ3v) is 4.79. The van der Waals surface area contributed by atoms with E-state index >= 15 is 0 Å². The van der Waals surface area contributed by atoms with Crippen molar-refractivity contribution in [2.75, 3.05) is 20.2 Å². The fourth-order valence-electron chi connectivity index (χ4n) is 2.92. The first-order valence-electron chi connectivity index (χ1n) is 10.6. The number of ether oxygens (including phenoxy) is 1. The Morgan fingerprint density at radius 2 is 1.97 bits per heavy atom. The number of halogens is 1. The van der Waals surface area contributed by atoms with Crippen LogP contribution in [0.5, 0.6) is 5.75 Å². The van der Waals surface area contributed by atoms with Gasteiger partial charge in [-0.2, -0.15) is 0 Å². The summed E-state index contributed by atoms with van der Waals surface area (Å²) in [5.41, 5.74) is 1.22. The smallest absolute Gasteiger partial charge is 0.258 e. The van der Waals surface area contributed by atoms with Crippen molar-refractivity contribution in [1.29, 1.82) is 0 Å². The Morgan fingerprint density at radius 3 is 2.59 bits per heavy atom. The maximum Gasteiger partial charge on any atom is 0.258 e. The Morgan fingerprint density at radius 1 is 1.24 bits per heavy atom. The van der Waals surface area contributed by atoms with Gasteiger partial charge in [0.15, 0.2) is 12.6 Å². The van der Waals surface area contributed by atoms with Crippen LogP contribution in [0.3, 0.4) is 0 Å². The summed E-state index contributed by atoms with van der Waals surface area (Å²) in [7, 11) is 1.81. The third kappa shape index (κ3) is 11.3. The van der Waals surface area contributed by atoms with E-state index in [-0.39, 0.29) is 36.5 Å². The molecule has 1 aliphatic rings. The zero-order valence-electron chi connectivity index (χ0n) is 18.0. The topological polar surface area (TPSA) is 74.8 Å². The van der Waals surface area contributed by atoms with Crippen molar-refractivity contribution in [2.24, 2.45) is 4.99 Å². The molecule has 0 heterocycles. The van der Waals surface area contributed by atoms with Crippen LogP contribution in [-0.4, -0.2) is 44.1 Å². The van der Waals surface area contributed by atoms with E-state index in [1.807, 2.05) is 24.3 Å². The molecule has 1 amide bonds. The minimum Gasteiger partial charge on any atom is -0.484 e. The minimum absolute atomic E-state index is 0. The SMILES string of the molecule is CCCCCC(C)NC(=NC)NCCc1ccc(OCC(=O)NC2CC2)cc1.I. The van der Waals surface area contributed by atoms with Crippen LogP contribution < -0.4 is 20.7 Å². The molecule has 2 rings (SSSR count). The first-order chi connectivity index (χ1) is 13.6. The Bertz CT molecular complexity index is 618. The highest BCUT2D eigenvalue weighted by molar-refractivity contribution is 14.0. The summed E-state index contributed by atoms with van der Waals surface area (Å²) in [6.07, 6.45) is 8.01.